The predicted molar refractivity (Wildman–Crippen MR) is 152 cm³/mol. The highest BCUT2D eigenvalue weighted by molar-refractivity contribution is 5.68. The maximum Gasteiger partial charge on any atom is 0.418 e. The summed E-state index contributed by atoms with van der Waals surface area (Å²) in [5, 5.41) is 30.8. The van der Waals surface area contributed by atoms with Crippen LogP contribution in [0.1, 0.15) is 36.3 Å². The molecule has 4 heterocycles. The first-order valence-electron chi connectivity index (χ1n) is 14.7. The predicted octanol–water partition coefficient (Wildman–Crippen LogP) is 6.11. The van der Waals surface area contributed by atoms with Gasteiger partial charge in [-0.1, -0.05) is 6.07 Å². The Kier molecular flexibility index (Phi) is 7.85. The molecule has 4 unspecified atom stereocenters. The van der Waals surface area contributed by atoms with E-state index in [4.69, 9.17) is 9.47 Å². The summed E-state index contributed by atoms with van der Waals surface area (Å²) < 4.78 is 140. The van der Waals surface area contributed by atoms with Crippen LogP contribution in [0, 0.1) is 41.8 Å². The Balaban J connectivity index is 1.33. The number of nitrogens with zero attached hydrogens (tertiary/aromatic N) is 5. The average Bonchev–Trinajstić information content (AvgIpc) is 3.68. The van der Waals surface area contributed by atoms with Crippen molar-refractivity contribution < 1.29 is 59.2 Å². The van der Waals surface area contributed by atoms with E-state index >= 15 is 0 Å². The second-order valence-corrected chi connectivity index (χ2v) is 12.0. The average molecular weight is 712 g/mol. The summed E-state index contributed by atoms with van der Waals surface area (Å²) in [5.74, 6) is -12.0. The molecule has 3 aromatic carbocycles. The molecule has 0 saturated carbocycles. The van der Waals surface area contributed by atoms with Gasteiger partial charge in [0, 0.05) is 11.8 Å². The molecule has 0 aliphatic carbocycles. The Bertz CT molecular complexity index is 2100. The zero-order valence-electron chi connectivity index (χ0n) is 25.4. The molecule has 2 aliphatic rings. The maximum absolute atomic E-state index is 14.4. The minimum absolute atomic E-state index is 0.0833. The SMILES string of the molecule is Cc1nc([C@@H]2OC3[C@H](OC3(C)O)C(n3cc(-c4cc(F)c(F)c(F)c4)cn3)C2O)n(-c2cc(-c3cc(F)c(F)c(F)c3)ccc2C(F)(F)F)n1. The van der Waals surface area contributed by atoms with Crippen LogP contribution in [0.4, 0.5) is 39.5 Å². The lowest BCUT2D eigenvalue weighted by Gasteiger charge is -2.56. The Morgan fingerprint density at radius 1 is 0.840 bits per heavy atom. The monoisotopic (exact) mass is 711 g/mol. The lowest BCUT2D eigenvalue weighted by atomic mass is 9.84. The molecule has 262 valence electrons. The van der Waals surface area contributed by atoms with E-state index in [0.717, 1.165) is 39.8 Å². The molecule has 0 radical (unpaired) electrons. The van der Waals surface area contributed by atoms with Crippen LogP contribution in [-0.4, -0.2) is 58.9 Å². The van der Waals surface area contributed by atoms with Gasteiger partial charge in [-0.25, -0.2) is 36.0 Å². The molecular weight excluding hydrogens is 689 g/mol. The molecule has 2 saturated heterocycles. The van der Waals surface area contributed by atoms with Gasteiger partial charge in [-0.15, -0.1) is 0 Å². The molecule has 2 N–H and O–H groups in total. The van der Waals surface area contributed by atoms with E-state index in [0.29, 0.717) is 18.2 Å². The molecule has 0 bridgehead atoms. The standard InChI is InChI=1S/C32H22F9N5O4/c1-12-43-30(46(44-12)22-9-13(3-4-17(22)32(39,40)41)14-5-18(33)23(37)19(34)6-14)28-26(47)25(27-29(49-28)31(2,48)50-27)45-11-16(10-42-45)15-7-20(35)24(38)21(36)8-15/h3-11,25-29,47-48H,1-2H3/t25?,26?,27-,28-,29?,31?/m1/s1. The summed E-state index contributed by atoms with van der Waals surface area (Å²) >= 11 is 0. The van der Waals surface area contributed by atoms with Gasteiger partial charge in [-0.2, -0.15) is 23.4 Å². The van der Waals surface area contributed by atoms with Gasteiger partial charge in [0.25, 0.3) is 0 Å². The normalized spacial score (nSPS) is 25.0. The summed E-state index contributed by atoms with van der Waals surface area (Å²) in [6.07, 6.45) is -8.35. The number of aliphatic hydroxyl groups excluding tert-OH is 1. The van der Waals surface area contributed by atoms with E-state index in [2.05, 4.69) is 15.2 Å². The molecule has 6 atom stereocenters. The second kappa shape index (κ2) is 11.6. The van der Waals surface area contributed by atoms with Gasteiger partial charge in [-0.05, 0) is 66.9 Å². The molecule has 2 fully saturated rings. The van der Waals surface area contributed by atoms with E-state index in [9.17, 15) is 49.7 Å². The second-order valence-electron chi connectivity index (χ2n) is 12.0. The minimum Gasteiger partial charge on any atom is -0.388 e. The van der Waals surface area contributed by atoms with Gasteiger partial charge in [0.05, 0.1) is 17.4 Å². The number of hydrogen-bond acceptors (Lipinski definition) is 7. The molecular formula is C32H22F9N5O4. The van der Waals surface area contributed by atoms with Crippen molar-refractivity contribution >= 4 is 0 Å². The third-order valence-corrected chi connectivity index (χ3v) is 8.56. The van der Waals surface area contributed by atoms with E-state index in [1.165, 1.54) is 20.0 Å². The number of aryl methyl sites for hydroxylation is 1. The number of aliphatic hydroxyl groups is 2. The molecule has 18 heteroatoms. The van der Waals surface area contributed by atoms with Crippen molar-refractivity contribution in [2.45, 2.75) is 56.3 Å². The Labute approximate surface area is 275 Å². The molecule has 2 aromatic heterocycles. The van der Waals surface area contributed by atoms with Crippen LogP contribution in [0.15, 0.2) is 54.9 Å². The zero-order chi connectivity index (χ0) is 36.0. The van der Waals surface area contributed by atoms with Crippen molar-refractivity contribution in [2.75, 3.05) is 0 Å². The van der Waals surface area contributed by atoms with E-state index in [1.54, 1.807) is 0 Å². The number of hydrogen-bond donors (Lipinski definition) is 2. The van der Waals surface area contributed by atoms with Crippen LogP contribution < -0.4 is 0 Å². The quantitative estimate of drug-likeness (QED) is 0.168. The van der Waals surface area contributed by atoms with Crippen LogP contribution in [0.5, 0.6) is 0 Å². The topological polar surface area (TPSA) is 107 Å². The van der Waals surface area contributed by atoms with E-state index in [-0.39, 0.29) is 28.1 Å². The van der Waals surface area contributed by atoms with Gasteiger partial charge in [0.2, 0.25) is 0 Å². The number of rotatable bonds is 5. The van der Waals surface area contributed by atoms with Gasteiger partial charge >= 0.3 is 6.18 Å². The zero-order valence-corrected chi connectivity index (χ0v) is 25.4. The fourth-order valence-corrected chi connectivity index (χ4v) is 6.24. The molecule has 7 rings (SSSR count). The highest BCUT2D eigenvalue weighted by atomic mass is 19.4. The van der Waals surface area contributed by atoms with Crippen LogP contribution in [0.25, 0.3) is 27.9 Å². The van der Waals surface area contributed by atoms with Gasteiger partial charge in [-0.3, -0.25) is 4.68 Å². The smallest absolute Gasteiger partial charge is 0.388 e. The van der Waals surface area contributed by atoms with Crippen molar-refractivity contribution in [3.63, 3.8) is 0 Å². The maximum atomic E-state index is 14.4. The third kappa shape index (κ3) is 5.51. The van der Waals surface area contributed by atoms with Crippen molar-refractivity contribution in [3.05, 3.63) is 107 Å². The minimum atomic E-state index is -5.01. The van der Waals surface area contributed by atoms with Crippen LogP contribution in [0.2, 0.25) is 0 Å². The molecule has 5 aromatic rings. The number of aromatic nitrogens is 5. The highest BCUT2D eigenvalue weighted by Gasteiger charge is 2.63. The molecule has 9 nitrogen and oxygen atoms in total. The Morgan fingerprint density at radius 2 is 1.42 bits per heavy atom. The molecule has 2 aliphatic heterocycles. The lowest BCUT2D eigenvalue weighted by Crippen LogP contribution is -2.71. The summed E-state index contributed by atoms with van der Waals surface area (Å²) in [7, 11) is 0. The first kappa shape index (κ1) is 33.7. The van der Waals surface area contributed by atoms with Gasteiger partial charge < -0.3 is 19.7 Å². The number of halogens is 9. The summed E-state index contributed by atoms with van der Waals surface area (Å²) in [5.41, 5.74) is -2.47. The summed E-state index contributed by atoms with van der Waals surface area (Å²) in [6.45, 7) is 2.57. The van der Waals surface area contributed by atoms with Crippen LogP contribution in [0.3, 0.4) is 0 Å². The number of fused-ring (bicyclic) bond motifs is 1. The van der Waals surface area contributed by atoms with Crippen LogP contribution >= 0.6 is 0 Å². The Hall–Kier alpha value is -4.78. The number of benzene rings is 3. The van der Waals surface area contributed by atoms with Crippen molar-refractivity contribution in [3.8, 4) is 27.9 Å². The van der Waals surface area contributed by atoms with E-state index < -0.39 is 94.4 Å². The van der Waals surface area contributed by atoms with Crippen LogP contribution in [-0.2, 0) is 15.7 Å². The fraction of sp³-hybridized carbons (Fsp3) is 0.281. The fourth-order valence-electron chi connectivity index (χ4n) is 6.24. The molecule has 50 heavy (non-hydrogen) atoms. The van der Waals surface area contributed by atoms with Gasteiger partial charge in [0.1, 0.15) is 36.3 Å². The summed E-state index contributed by atoms with van der Waals surface area (Å²) in [4.78, 5) is 4.23. The van der Waals surface area contributed by atoms with E-state index in [1.807, 2.05) is 0 Å². The largest absolute Gasteiger partial charge is 0.418 e. The van der Waals surface area contributed by atoms with Crippen molar-refractivity contribution in [1.29, 1.82) is 0 Å². The first-order chi connectivity index (χ1) is 23.4. The Morgan fingerprint density at radius 3 is 1.98 bits per heavy atom. The third-order valence-electron chi connectivity index (χ3n) is 8.56. The number of alkyl halides is 3. The summed E-state index contributed by atoms with van der Waals surface area (Å²) in [6, 6.07) is 3.83. The van der Waals surface area contributed by atoms with Gasteiger partial charge in [0.15, 0.2) is 46.5 Å². The van der Waals surface area contributed by atoms with Crippen molar-refractivity contribution in [2.24, 2.45) is 0 Å². The lowest BCUT2D eigenvalue weighted by molar-refractivity contribution is -0.425. The number of ether oxygens (including phenoxy) is 2. The molecule has 0 amide bonds. The highest BCUT2D eigenvalue weighted by Crippen LogP contribution is 2.50. The first-order valence-corrected chi connectivity index (χ1v) is 14.7. The molecule has 0 spiro atoms. The van der Waals surface area contributed by atoms with Crippen molar-refractivity contribution in [1.82, 2.24) is 24.5 Å².